The van der Waals surface area contributed by atoms with E-state index in [4.69, 9.17) is 14.2 Å². The molecule has 152 valence electrons. The standard InChI is InChI=1S/C22H24N2O5/c1-27-16-5-2-14(3-6-16)8-9-23-21(25)17-13-18(17)22(26)24-15-4-7-19-20(12-15)29-11-10-28-19/h2-7,12,17-18H,8-11,13H2,1H3,(H,23,25)(H,24,26). The van der Waals surface area contributed by atoms with E-state index in [1.54, 1.807) is 25.3 Å². The van der Waals surface area contributed by atoms with E-state index >= 15 is 0 Å². The van der Waals surface area contributed by atoms with Gasteiger partial charge in [-0.25, -0.2) is 0 Å². The number of carbonyl (C=O) groups is 2. The van der Waals surface area contributed by atoms with Crippen molar-refractivity contribution in [2.24, 2.45) is 11.8 Å². The Morgan fingerprint density at radius 1 is 1.00 bits per heavy atom. The van der Waals surface area contributed by atoms with Gasteiger partial charge in [-0.1, -0.05) is 12.1 Å². The second kappa shape index (κ2) is 8.43. The number of hydrogen-bond donors (Lipinski definition) is 2. The maximum atomic E-state index is 12.4. The fourth-order valence-electron chi connectivity index (χ4n) is 3.38. The van der Waals surface area contributed by atoms with Gasteiger partial charge in [0, 0.05) is 18.3 Å². The third-order valence-corrected chi connectivity index (χ3v) is 5.15. The monoisotopic (exact) mass is 396 g/mol. The SMILES string of the molecule is COc1ccc(CCNC(=O)C2CC2C(=O)Nc2ccc3c(c2)OCCO3)cc1. The molecule has 0 spiro atoms. The Morgan fingerprint density at radius 3 is 2.48 bits per heavy atom. The average molecular weight is 396 g/mol. The number of anilines is 1. The summed E-state index contributed by atoms with van der Waals surface area (Å²) >= 11 is 0. The molecule has 7 heteroatoms. The first-order valence-corrected chi connectivity index (χ1v) is 9.75. The van der Waals surface area contributed by atoms with E-state index in [1.165, 1.54) is 0 Å². The molecule has 29 heavy (non-hydrogen) atoms. The molecule has 1 fully saturated rings. The van der Waals surface area contributed by atoms with Gasteiger partial charge in [0.2, 0.25) is 11.8 Å². The van der Waals surface area contributed by atoms with Crippen LogP contribution in [0.5, 0.6) is 17.2 Å². The quantitative estimate of drug-likeness (QED) is 0.751. The predicted molar refractivity (Wildman–Crippen MR) is 107 cm³/mol. The minimum Gasteiger partial charge on any atom is -0.497 e. The van der Waals surface area contributed by atoms with Crippen molar-refractivity contribution in [1.29, 1.82) is 0 Å². The van der Waals surface area contributed by atoms with Crippen LogP contribution in [0.2, 0.25) is 0 Å². The number of ether oxygens (including phenoxy) is 3. The van der Waals surface area contributed by atoms with Crippen molar-refractivity contribution in [3.8, 4) is 17.2 Å². The molecule has 2 atom stereocenters. The summed E-state index contributed by atoms with van der Waals surface area (Å²) in [6.45, 7) is 1.56. The summed E-state index contributed by atoms with van der Waals surface area (Å²) in [5.74, 6) is 1.35. The van der Waals surface area contributed by atoms with E-state index in [-0.39, 0.29) is 23.7 Å². The third kappa shape index (κ3) is 4.62. The highest BCUT2D eigenvalue weighted by Crippen LogP contribution is 2.40. The molecule has 0 aromatic heterocycles. The van der Waals surface area contributed by atoms with Gasteiger partial charge in [-0.15, -0.1) is 0 Å². The molecule has 7 nitrogen and oxygen atoms in total. The Kier molecular flexibility index (Phi) is 5.55. The van der Waals surface area contributed by atoms with Crippen LogP contribution >= 0.6 is 0 Å². The number of benzene rings is 2. The molecule has 2 aromatic rings. The molecule has 4 rings (SSSR count). The van der Waals surface area contributed by atoms with E-state index in [1.807, 2.05) is 24.3 Å². The van der Waals surface area contributed by atoms with Gasteiger partial charge in [-0.2, -0.15) is 0 Å². The minimum atomic E-state index is -0.288. The zero-order valence-electron chi connectivity index (χ0n) is 16.3. The van der Waals surface area contributed by atoms with Crippen molar-refractivity contribution in [1.82, 2.24) is 5.32 Å². The summed E-state index contributed by atoms with van der Waals surface area (Å²) in [6, 6.07) is 13.1. The summed E-state index contributed by atoms with van der Waals surface area (Å²) in [7, 11) is 1.63. The fourth-order valence-corrected chi connectivity index (χ4v) is 3.38. The minimum absolute atomic E-state index is 0.0687. The molecule has 0 saturated heterocycles. The van der Waals surface area contributed by atoms with Crippen molar-refractivity contribution >= 4 is 17.5 Å². The molecule has 2 N–H and O–H groups in total. The lowest BCUT2D eigenvalue weighted by molar-refractivity contribution is -0.125. The number of hydrogen-bond acceptors (Lipinski definition) is 5. The summed E-state index contributed by atoms with van der Waals surface area (Å²) < 4.78 is 16.1. The smallest absolute Gasteiger partial charge is 0.228 e. The van der Waals surface area contributed by atoms with E-state index in [2.05, 4.69) is 10.6 Å². The second-order valence-electron chi connectivity index (χ2n) is 7.19. The van der Waals surface area contributed by atoms with Crippen molar-refractivity contribution in [3.05, 3.63) is 48.0 Å². The van der Waals surface area contributed by atoms with Crippen molar-refractivity contribution in [2.75, 3.05) is 32.2 Å². The maximum absolute atomic E-state index is 12.4. The van der Waals surface area contributed by atoms with E-state index in [9.17, 15) is 9.59 Å². The van der Waals surface area contributed by atoms with Gasteiger partial charge in [0.05, 0.1) is 18.9 Å². The molecular weight excluding hydrogens is 372 g/mol. The lowest BCUT2D eigenvalue weighted by Gasteiger charge is -2.19. The van der Waals surface area contributed by atoms with E-state index in [0.717, 1.165) is 17.7 Å². The molecule has 1 aliphatic carbocycles. The molecule has 1 aliphatic heterocycles. The molecule has 1 heterocycles. The van der Waals surface area contributed by atoms with Crippen LogP contribution in [0, 0.1) is 11.8 Å². The van der Waals surface area contributed by atoms with Gasteiger partial charge in [0.25, 0.3) is 0 Å². The van der Waals surface area contributed by atoms with Crippen LogP contribution in [0.3, 0.4) is 0 Å². The molecular formula is C22H24N2O5. The van der Waals surface area contributed by atoms with Crippen LogP contribution in [0.4, 0.5) is 5.69 Å². The zero-order chi connectivity index (χ0) is 20.2. The van der Waals surface area contributed by atoms with Crippen LogP contribution in [-0.2, 0) is 16.0 Å². The first-order chi connectivity index (χ1) is 14.1. The molecule has 0 bridgehead atoms. The van der Waals surface area contributed by atoms with E-state index < -0.39 is 0 Å². The van der Waals surface area contributed by atoms with E-state index in [0.29, 0.717) is 43.4 Å². The fraction of sp³-hybridized carbons (Fsp3) is 0.364. The Hall–Kier alpha value is -3.22. The Morgan fingerprint density at radius 2 is 1.72 bits per heavy atom. The molecule has 0 radical (unpaired) electrons. The summed E-state index contributed by atoms with van der Waals surface area (Å²) in [5, 5.41) is 5.79. The third-order valence-electron chi connectivity index (χ3n) is 5.15. The summed E-state index contributed by atoms with van der Waals surface area (Å²) in [5.41, 5.74) is 1.76. The summed E-state index contributed by atoms with van der Waals surface area (Å²) in [4.78, 5) is 24.7. The van der Waals surface area contributed by atoms with Crippen LogP contribution < -0.4 is 24.8 Å². The van der Waals surface area contributed by atoms with Crippen molar-refractivity contribution < 1.29 is 23.8 Å². The highest BCUT2D eigenvalue weighted by Gasteiger charge is 2.47. The largest absolute Gasteiger partial charge is 0.497 e. The van der Waals surface area contributed by atoms with Crippen LogP contribution in [-0.4, -0.2) is 38.7 Å². The van der Waals surface area contributed by atoms with Gasteiger partial charge in [-0.05, 0) is 42.7 Å². The molecule has 2 amide bonds. The number of nitrogens with one attached hydrogen (secondary N) is 2. The van der Waals surface area contributed by atoms with Gasteiger partial charge in [-0.3, -0.25) is 9.59 Å². The first kappa shape index (κ1) is 19.1. The van der Waals surface area contributed by atoms with Crippen molar-refractivity contribution in [2.45, 2.75) is 12.8 Å². The average Bonchev–Trinajstić information content (AvgIpc) is 3.55. The molecule has 2 unspecified atom stereocenters. The highest BCUT2D eigenvalue weighted by atomic mass is 16.6. The predicted octanol–water partition coefficient (Wildman–Crippen LogP) is 2.40. The number of rotatable bonds is 7. The molecule has 2 aliphatic rings. The Labute approximate surface area is 169 Å². The number of methoxy groups -OCH3 is 1. The Bertz CT molecular complexity index is 897. The highest BCUT2D eigenvalue weighted by molar-refractivity contribution is 5.99. The second-order valence-corrected chi connectivity index (χ2v) is 7.19. The van der Waals surface area contributed by atoms with Gasteiger partial charge < -0.3 is 24.8 Å². The van der Waals surface area contributed by atoms with Crippen LogP contribution in [0.1, 0.15) is 12.0 Å². The van der Waals surface area contributed by atoms with Crippen LogP contribution in [0.15, 0.2) is 42.5 Å². The Balaban J connectivity index is 1.22. The van der Waals surface area contributed by atoms with Gasteiger partial charge in [0.1, 0.15) is 19.0 Å². The van der Waals surface area contributed by atoms with Gasteiger partial charge >= 0.3 is 0 Å². The first-order valence-electron chi connectivity index (χ1n) is 9.75. The zero-order valence-corrected chi connectivity index (χ0v) is 16.3. The maximum Gasteiger partial charge on any atom is 0.228 e. The van der Waals surface area contributed by atoms with Crippen LogP contribution in [0.25, 0.3) is 0 Å². The molecule has 1 saturated carbocycles. The van der Waals surface area contributed by atoms with Gasteiger partial charge in [0.15, 0.2) is 11.5 Å². The normalized spacial score (nSPS) is 19.2. The van der Waals surface area contributed by atoms with Crippen molar-refractivity contribution in [3.63, 3.8) is 0 Å². The summed E-state index contributed by atoms with van der Waals surface area (Å²) in [6.07, 6.45) is 1.31. The topological polar surface area (TPSA) is 85.9 Å². The lowest BCUT2D eigenvalue weighted by Crippen LogP contribution is -2.29. The molecule has 2 aromatic carbocycles. The number of amides is 2. The number of fused-ring (bicyclic) bond motifs is 1. The number of carbonyl (C=O) groups excluding carboxylic acids is 2. The lowest BCUT2D eigenvalue weighted by atomic mass is 10.1.